The van der Waals surface area contributed by atoms with Crippen molar-refractivity contribution in [2.24, 2.45) is 0 Å². The molecule has 1 N–H and O–H groups in total. The van der Waals surface area contributed by atoms with E-state index < -0.39 is 11.4 Å². The lowest BCUT2D eigenvalue weighted by molar-refractivity contribution is -0.143. The Morgan fingerprint density at radius 2 is 2.00 bits per heavy atom. The summed E-state index contributed by atoms with van der Waals surface area (Å²) in [5.74, 6) is -1.30. The Morgan fingerprint density at radius 3 is 2.53 bits per heavy atom. The minimum absolute atomic E-state index is 0.322. The topological polar surface area (TPSA) is 37.3 Å². The second kappa shape index (κ2) is 4.41. The van der Waals surface area contributed by atoms with E-state index in [1.165, 1.54) is 0 Å². The summed E-state index contributed by atoms with van der Waals surface area (Å²) in [6.07, 6.45) is 2.71. The molecule has 0 aliphatic heterocycles. The van der Waals surface area contributed by atoms with Crippen LogP contribution in [0.1, 0.15) is 36.8 Å². The van der Waals surface area contributed by atoms with E-state index in [2.05, 4.69) is 15.9 Å². The van der Waals surface area contributed by atoms with Crippen molar-refractivity contribution >= 4 is 21.9 Å². The third-order valence-electron chi connectivity index (χ3n) is 3.63. The van der Waals surface area contributed by atoms with E-state index in [-0.39, 0.29) is 5.82 Å². The van der Waals surface area contributed by atoms with Crippen LogP contribution < -0.4 is 0 Å². The molecule has 1 aromatic carbocycles. The standard InChI is InChI=1S/C13H14BrFO2/c1-8-4-5-9(14)10(11(8)15)13(12(16)17)6-2-3-7-13/h4-5H,2-3,6-7H2,1H3,(H,16,17). The Bertz CT molecular complexity index is 465. The summed E-state index contributed by atoms with van der Waals surface area (Å²) in [5, 5.41) is 9.47. The maximum absolute atomic E-state index is 14.2. The smallest absolute Gasteiger partial charge is 0.314 e. The first-order valence-corrected chi connectivity index (χ1v) is 6.47. The number of aliphatic carboxylic acids is 1. The average molecular weight is 301 g/mol. The molecule has 1 fully saturated rings. The predicted octanol–water partition coefficient (Wildman–Crippen LogP) is 3.79. The van der Waals surface area contributed by atoms with Gasteiger partial charge < -0.3 is 5.11 Å². The van der Waals surface area contributed by atoms with Gasteiger partial charge in [0.05, 0.1) is 5.41 Å². The van der Waals surface area contributed by atoms with Crippen LogP contribution in [-0.4, -0.2) is 11.1 Å². The second-order valence-corrected chi connectivity index (χ2v) is 5.50. The van der Waals surface area contributed by atoms with Crippen LogP contribution in [0, 0.1) is 12.7 Å². The van der Waals surface area contributed by atoms with Crippen LogP contribution >= 0.6 is 15.9 Å². The van der Waals surface area contributed by atoms with Gasteiger partial charge in [-0.3, -0.25) is 4.79 Å². The summed E-state index contributed by atoms with van der Waals surface area (Å²) in [4.78, 5) is 11.6. The van der Waals surface area contributed by atoms with Gasteiger partial charge in [-0.05, 0) is 31.4 Å². The molecule has 0 amide bonds. The first kappa shape index (κ1) is 12.6. The van der Waals surface area contributed by atoms with Crippen LogP contribution in [0.4, 0.5) is 4.39 Å². The summed E-state index contributed by atoms with van der Waals surface area (Å²) in [7, 11) is 0. The highest BCUT2D eigenvalue weighted by Crippen LogP contribution is 2.45. The zero-order chi connectivity index (χ0) is 12.6. The molecular formula is C13H14BrFO2. The lowest BCUT2D eigenvalue weighted by Gasteiger charge is -2.26. The zero-order valence-corrected chi connectivity index (χ0v) is 11.2. The quantitative estimate of drug-likeness (QED) is 0.902. The fourth-order valence-electron chi connectivity index (χ4n) is 2.64. The highest BCUT2D eigenvalue weighted by atomic mass is 79.9. The molecule has 2 rings (SSSR count). The van der Waals surface area contributed by atoms with E-state index in [4.69, 9.17) is 0 Å². The minimum atomic E-state index is -1.05. The number of carboxylic acids is 1. The van der Waals surface area contributed by atoms with Crippen molar-refractivity contribution in [1.29, 1.82) is 0 Å². The number of hydrogen-bond donors (Lipinski definition) is 1. The predicted molar refractivity (Wildman–Crippen MR) is 66.6 cm³/mol. The Morgan fingerprint density at radius 1 is 1.41 bits per heavy atom. The van der Waals surface area contributed by atoms with Gasteiger partial charge in [-0.1, -0.05) is 34.8 Å². The average Bonchev–Trinajstić information content (AvgIpc) is 2.74. The van der Waals surface area contributed by atoms with E-state index >= 15 is 0 Å². The summed E-state index contributed by atoms with van der Waals surface area (Å²) >= 11 is 3.29. The summed E-state index contributed by atoms with van der Waals surface area (Å²) in [6, 6.07) is 3.39. The molecule has 2 nitrogen and oxygen atoms in total. The molecule has 1 aliphatic carbocycles. The monoisotopic (exact) mass is 300 g/mol. The molecule has 1 saturated carbocycles. The van der Waals surface area contributed by atoms with E-state index in [0.29, 0.717) is 28.4 Å². The molecule has 1 aromatic rings. The molecule has 1 aliphatic rings. The number of halogens is 2. The van der Waals surface area contributed by atoms with Gasteiger partial charge in [-0.15, -0.1) is 0 Å². The number of rotatable bonds is 2. The van der Waals surface area contributed by atoms with Gasteiger partial charge in [0.15, 0.2) is 0 Å². The van der Waals surface area contributed by atoms with Crippen LogP contribution in [0.3, 0.4) is 0 Å². The maximum atomic E-state index is 14.2. The number of carboxylic acid groups (broad SMARTS) is 1. The van der Waals surface area contributed by atoms with E-state index in [1.54, 1.807) is 19.1 Å². The molecule has 0 bridgehead atoms. The van der Waals surface area contributed by atoms with Gasteiger partial charge in [-0.25, -0.2) is 4.39 Å². The van der Waals surface area contributed by atoms with Crippen molar-refractivity contribution in [3.05, 3.63) is 33.5 Å². The first-order chi connectivity index (χ1) is 7.99. The first-order valence-electron chi connectivity index (χ1n) is 5.67. The van der Waals surface area contributed by atoms with Crippen molar-refractivity contribution in [3.63, 3.8) is 0 Å². The van der Waals surface area contributed by atoms with Crippen molar-refractivity contribution < 1.29 is 14.3 Å². The third kappa shape index (κ3) is 1.88. The van der Waals surface area contributed by atoms with Gasteiger partial charge in [0, 0.05) is 10.0 Å². The molecule has 0 unspecified atom stereocenters. The van der Waals surface area contributed by atoms with E-state index in [1.807, 2.05) is 0 Å². The molecule has 4 heteroatoms. The number of hydrogen-bond acceptors (Lipinski definition) is 1. The van der Waals surface area contributed by atoms with Crippen LogP contribution in [0.25, 0.3) is 0 Å². The summed E-state index contributed by atoms with van der Waals surface area (Å²) < 4.78 is 14.8. The normalized spacial score (nSPS) is 18.3. The second-order valence-electron chi connectivity index (χ2n) is 4.65. The number of aryl methyl sites for hydroxylation is 1. The Kier molecular flexibility index (Phi) is 3.25. The molecule has 0 aromatic heterocycles. The largest absolute Gasteiger partial charge is 0.481 e. The fraction of sp³-hybridized carbons (Fsp3) is 0.462. The van der Waals surface area contributed by atoms with E-state index in [9.17, 15) is 14.3 Å². The van der Waals surface area contributed by atoms with Gasteiger partial charge >= 0.3 is 5.97 Å². The molecule has 0 spiro atoms. The van der Waals surface area contributed by atoms with Gasteiger partial charge in [0.1, 0.15) is 5.82 Å². The van der Waals surface area contributed by atoms with Gasteiger partial charge in [-0.2, -0.15) is 0 Å². The van der Waals surface area contributed by atoms with Crippen molar-refractivity contribution in [3.8, 4) is 0 Å². The molecule has 0 atom stereocenters. The minimum Gasteiger partial charge on any atom is -0.481 e. The third-order valence-corrected chi connectivity index (χ3v) is 4.29. The maximum Gasteiger partial charge on any atom is 0.314 e. The molecule has 0 radical (unpaired) electrons. The molecular weight excluding hydrogens is 287 g/mol. The van der Waals surface area contributed by atoms with Gasteiger partial charge in [0.2, 0.25) is 0 Å². The van der Waals surface area contributed by atoms with Crippen LogP contribution in [0.5, 0.6) is 0 Å². The van der Waals surface area contributed by atoms with Crippen molar-refractivity contribution in [2.75, 3.05) is 0 Å². The lowest BCUT2D eigenvalue weighted by atomic mass is 9.78. The Balaban J connectivity index is 2.66. The molecule has 17 heavy (non-hydrogen) atoms. The fourth-order valence-corrected chi connectivity index (χ4v) is 3.33. The van der Waals surface area contributed by atoms with Crippen LogP contribution in [0.15, 0.2) is 16.6 Å². The highest BCUT2D eigenvalue weighted by molar-refractivity contribution is 9.10. The van der Waals surface area contributed by atoms with Crippen molar-refractivity contribution in [1.82, 2.24) is 0 Å². The lowest BCUT2D eigenvalue weighted by Crippen LogP contribution is -2.34. The van der Waals surface area contributed by atoms with Crippen LogP contribution in [0.2, 0.25) is 0 Å². The number of benzene rings is 1. The SMILES string of the molecule is Cc1ccc(Br)c(C2(C(=O)O)CCCC2)c1F. The summed E-state index contributed by atoms with van der Waals surface area (Å²) in [6.45, 7) is 1.66. The Labute approximate surface area is 108 Å². The van der Waals surface area contributed by atoms with Gasteiger partial charge in [0.25, 0.3) is 0 Å². The van der Waals surface area contributed by atoms with Crippen LogP contribution in [-0.2, 0) is 10.2 Å². The molecule has 92 valence electrons. The highest BCUT2D eigenvalue weighted by Gasteiger charge is 2.46. The number of carbonyl (C=O) groups is 1. The van der Waals surface area contributed by atoms with E-state index in [0.717, 1.165) is 12.8 Å². The van der Waals surface area contributed by atoms with Crippen molar-refractivity contribution in [2.45, 2.75) is 38.0 Å². The molecule has 0 saturated heterocycles. The summed E-state index contributed by atoms with van der Waals surface area (Å²) in [5.41, 5.74) is -0.229. The molecule has 0 heterocycles. The zero-order valence-electron chi connectivity index (χ0n) is 9.59. The Hall–Kier alpha value is -0.900.